The zero-order valence-corrected chi connectivity index (χ0v) is 18.4. The Morgan fingerprint density at radius 3 is 2.53 bits per heavy atom. The Labute approximate surface area is 175 Å². The van der Waals surface area contributed by atoms with Gasteiger partial charge in [0.05, 0.1) is 12.6 Å². The highest BCUT2D eigenvalue weighted by Gasteiger charge is 2.22. The van der Waals surface area contributed by atoms with Crippen molar-refractivity contribution in [3.63, 3.8) is 0 Å². The van der Waals surface area contributed by atoms with Crippen molar-refractivity contribution >= 4 is 17.0 Å². The van der Waals surface area contributed by atoms with E-state index in [9.17, 15) is 18.8 Å². The van der Waals surface area contributed by atoms with Gasteiger partial charge in [0.2, 0.25) is 6.43 Å². The molecule has 0 aliphatic carbocycles. The lowest BCUT2D eigenvalue weighted by molar-refractivity contribution is 0.0544. The third-order valence-corrected chi connectivity index (χ3v) is 4.54. The molecule has 1 aromatic carbocycles. The molecule has 168 valence electrons. The van der Waals surface area contributed by atoms with E-state index in [1.54, 1.807) is 41.1 Å². The highest BCUT2D eigenvalue weighted by Crippen LogP contribution is 2.33. The molecule has 9 heteroatoms. The first-order valence-corrected chi connectivity index (χ1v) is 9.72. The molecule has 1 aromatic heterocycles. The molecule has 0 aliphatic heterocycles. The highest BCUT2D eigenvalue weighted by atomic mass is 19.3. The lowest BCUT2D eigenvalue weighted by atomic mass is 10.0. The van der Waals surface area contributed by atoms with Crippen molar-refractivity contribution < 1.29 is 23.0 Å². The number of carbonyl (C=O) groups excluding carboxylic acids is 1. The lowest BCUT2D eigenvalue weighted by Crippen LogP contribution is -2.32. The first-order chi connectivity index (χ1) is 13.9. The van der Waals surface area contributed by atoms with Gasteiger partial charge in [0, 0.05) is 36.8 Å². The zero-order valence-electron chi connectivity index (χ0n) is 18.4. The number of benzene rings is 1. The number of fused-ring (bicyclic) bond motifs is 1. The molecule has 2 rings (SSSR count). The second kappa shape index (κ2) is 9.72. The number of methoxy groups -OCH3 is 1. The van der Waals surface area contributed by atoms with Gasteiger partial charge in [-0.15, -0.1) is 0 Å². The Hall–Kier alpha value is -2.23. The summed E-state index contributed by atoms with van der Waals surface area (Å²) in [5.41, 5.74) is 1.79. The van der Waals surface area contributed by atoms with Crippen molar-refractivity contribution in [3.8, 4) is 5.75 Å². The molecule has 7 nitrogen and oxygen atoms in total. The van der Waals surface area contributed by atoms with E-state index in [-0.39, 0.29) is 6.54 Å². The van der Waals surface area contributed by atoms with E-state index in [4.69, 9.17) is 9.47 Å². The van der Waals surface area contributed by atoms with E-state index >= 15 is 0 Å². The summed E-state index contributed by atoms with van der Waals surface area (Å²) in [6.45, 7) is 7.20. The molecule has 0 saturated carbocycles. The smallest absolute Gasteiger partial charge is 0.419 e. The topological polar surface area (TPSA) is 70.0 Å². The summed E-state index contributed by atoms with van der Waals surface area (Å²) in [6, 6.07) is 3.68. The summed E-state index contributed by atoms with van der Waals surface area (Å²) in [6.07, 6.45) is -1.47. The number of alkyl halides is 2. The molecule has 0 N–H and O–H groups in total. The maximum Gasteiger partial charge on any atom is 0.419 e. The van der Waals surface area contributed by atoms with Crippen LogP contribution in [0.15, 0.2) is 18.3 Å². The minimum atomic E-state index is -2.66. The van der Waals surface area contributed by atoms with E-state index in [2.05, 4.69) is 0 Å². The van der Waals surface area contributed by atoms with Crippen LogP contribution in [0.3, 0.4) is 0 Å². The van der Waals surface area contributed by atoms with E-state index in [0.29, 0.717) is 23.9 Å². The first kappa shape index (κ1) is 24.0. The van der Waals surface area contributed by atoms with Gasteiger partial charge in [-0.3, -0.25) is 4.57 Å². The second-order valence-corrected chi connectivity index (χ2v) is 8.32. The Bertz CT molecular complexity index is 877. The Morgan fingerprint density at radius 1 is 1.30 bits per heavy atom. The van der Waals surface area contributed by atoms with Crippen LogP contribution in [0.1, 0.15) is 31.9 Å². The summed E-state index contributed by atoms with van der Waals surface area (Å²) in [5.74, 6) is 0.653. The van der Waals surface area contributed by atoms with Gasteiger partial charge in [-0.2, -0.15) is 0 Å². The lowest BCUT2D eigenvalue weighted by Gasteiger charge is -2.30. The number of rotatable bonds is 8. The van der Waals surface area contributed by atoms with Crippen LogP contribution in [-0.2, 0) is 11.3 Å². The predicted molar refractivity (Wildman–Crippen MR) is 112 cm³/mol. The molecule has 0 bridgehead atoms. The number of hydroxylamine groups is 2. The maximum absolute atomic E-state index is 12.6. The number of nitrogens with zero attached hydrogens (tertiary/aromatic N) is 3. The highest BCUT2D eigenvalue weighted by molar-refractivity contribution is 5.95. The van der Waals surface area contributed by atoms with Gasteiger partial charge in [0.15, 0.2) is 0 Å². The van der Waals surface area contributed by atoms with Crippen LogP contribution in [0.2, 0.25) is 0 Å². The van der Waals surface area contributed by atoms with Crippen molar-refractivity contribution in [1.82, 2.24) is 14.5 Å². The quantitative estimate of drug-likeness (QED) is 0.588. The van der Waals surface area contributed by atoms with Crippen molar-refractivity contribution in [2.24, 2.45) is 0 Å². The van der Waals surface area contributed by atoms with Crippen molar-refractivity contribution in [2.75, 3.05) is 33.8 Å². The van der Waals surface area contributed by atoms with E-state index in [1.165, 1.54) is 4.57 Å². The van der Waals surface area contributed by atoms with Gasteiger partial charge >= 0.3 is 6.09 Å². The van der Waals surface area contributed by atoms with Crippen LogP contribution in [0, 0.1) is 12.1 Å². The fourth-order valence-electron chi connectivity index (χ4n) is 3.25. The molecular weight excluding hydrogens is 396 g/mol. The molecule has 0 spiro atoms. The Morgan fingerprint density at radius 2 is 1.97 bits per heavy atom. The summed E-state index contributed by atoms with van der Waals surface area (Å²) in [7, 11) is 3.36. The third-order valence-electron chi connectivity index (χ3n) is 4.54. The minimum Gasteiger partial charge on any atom is -0.785 e. The van der Waals surface area contributed by atoms with Crippen LogP contribution in [0.25, 0.3) is 10.9 Å². The van der Waals surface area contributed by atoms with Crippen LogP contribution in [-0.4, -0.2) is 66.4 Å². The van der Waals surface area contributed by atoms with Gasteiger partial charge in [0.1, 0.15) is 11.4 Å². The average molecular weight is 426 g/mol. The second-order valence-electron chi connectivity index (χ2n) is 8.32. The number of aromatic nitrogens is 1. The van der Waals surface area contributed by atoms with E-state index < -0.39 is 24.7 Å². The van der Waals surface area contributed by atoms with Crippen molar-refractivity contribution in [2.45, 2.75) is 46.3 Å². The van der Waals surface area contributed by atoms with Crippen LogP contribution >= 0.6 is 0 Å². The molecule has 30 heavy (non-hydrogen) atoms. The number of hydrogen-bond acceptors (Lipinski definition) is 6. The number of likely N-dealkylation sites (N-methyl/N-ethyl adjacent to an activating group) is 1. The number of carbonyl (C=O) groups is 1. The third kappa shape index (κ3) is 6.13. The summed E-state index contributed by atoms with van der Waals surface area (Å²) in [4.78, 5) is 14.5. The monoisotopic (exact) mass is 426 g/mol. The average Bonchev–Trinajstić information content (AvgIpc) is 3.06. The molecule has 2 aromatic rings. The molecule has 0 unspecified atom stereocenters. The summed E-state index contributed by atoms with van der Waals surface area (Å²) >= 11 is 0. The van der Waals surface area contributed by atoms with Gasteiger partial charge in [-0.25, -0.2) is 13.6 Å². The molecule has 0 aliphatic rings. The molecule has 0 radical (unpaired) electrons. The largest absolute Gasteiger partial charge is 0.785 e. The SMILES string of the molecule is COc1cc(C)c2c(ccn2C(=O)OC(C)(C)C)c1CN(C)CCN([O-])CC(F)F. The predicted octanol–water partition coefficient (Wildman–Crippen LogP) is 4.24. The maximum atomic E-state index is 12.6. The van der Waals surface area contributed by atoms with Gasteiger partial charge in [-0.1, -0.05) is 0 Å². The number of aryl methyl sites for hydroxylation is 1. The first-order valence-electron chi connectivity index (χ1n) is 9.72. The van der Waals surface area contributed by atoms with Crippen LogP contribution in [0.4, 0.5) is 13.6 Å². The van der Waals surface area contributed by atoms with Crippen molar-refractivity contribution in [3.05, 3.63) is 34.7 Å². The molecule has 0 atom stereocenters. The molecular formula is C21H30F2N3O4-. The fraction of sp³-hybridized carbons (Fsp3) is 0.571. The fourth-order valence-corrected chi connectivity index (χ4v) is 3.25. The number of ether oxygens (including phenoxy) is 2. The van der Waals surface area contributed by atoms with Gasteiger partial charge in [0.25, 0.3) is 0 Å². The summed E-state index contributed by atoms with van der Waals surface area (Å²) in [5, 5.41) is 12.7. The Kier molecular flexibility index (Phi) is 7.79. The molecule has 0 fully saturated rings. The number of halogens is 2. The van der Waals surface area contributed by atoms with Crippen molar-refractivity contribution in [1.29, 1.82) is 0 Å². The summed E-state index contributed by atoms with van der Waals surface area (Å²) < 4.78 is 37.2. The normalized spacial score (nSPS) is 12.4. The van der Waals surface area contributed by atoms with Gasteiger partial charge in [-0.05, 0) is 59.0 Å². The van der Waals surface area contributed by atoms with E-state index in [0.717, 1.165) is 22.0 Å². The zero-order chi connectivity index (χ0) is 22.6. The molecule has 1 heterocycles. The van der Waals surface area contributed by atoms with Gasteiger partial charge < -0.3 is 24.6 Å². The standard InChI is InChI=1S/C21H30F2N3O4/c1-14-11-17(29-6)16(12-24(5)9-10-25(28)13-18(22)23)15-7-8-26(19(14)15)20(27)30-21(2,3)4/h7-8,11,18H,9-10,12-13H2,1-6H3/q-1. The minimum absolute atomic E-state index is 0.0307. The number of hydrogen-bond donors (Lipinski definition) is 0. The van der Waals surface area contributed by atoms with Crippen LogP contribution < -0.4 is 4.74 Å². The Balaban J connectivity index is 2.31. The van der Waals surface area contributed by atoms with Crippen LogP contribution in [0.5, 0.6) is 5.75 Å². The molecule has 0 saturated heterocycles. The molecule has 0 amide bonds. The van der Waals surface area contributed by atoms with E-state index in [1.807, 2.05) is 24.0 Å².